The number of hydrogen-bond donors (Lipinski definition) is 3. The summed E-state index contributed by atoms with van der Waals surface area (Å²) in [6.45, 7) is 1.80. The summed E-state index contributed by atoms with van der Waals surface area (Å²) < 4.78 is 0. The smallest absolute Gasteiger partial charge is 0.222 e. The van der Waals surface area contributed by atoms with E-state index in [1.807, 2.05) is 4.90 Å². The Kier molecular flexibility index (Phi) is 5.09. The van der Waals surface area contributed by atoms with Crippen LogP contribution in [0.25, 0.3) is 0 Å². The monoisotopic (exact) mass is 313 g/mol. The van der Waals surface area contributed by atoms with Gasteiger partial charge in [0, 0.05) is 18.8 Å². The molecule has 1 aromatic rings. The van der Waals surface area contributed by atoms with Crippen LogP contribution in [0.2, 0.25) is 10.0 Å². The van der Waals surface area contributed by atoms with Crippen molar-refractivity contribution in [2.45, 2.75) is 19.3 Å². The first-order valence-corrected chi connectivity index (χ1v) is 7.21. The zero-order valence-electron chi connectivity index (χ0n) is 11.0. The lowest BCUT2D eigenvalue weighted by Crippen LogP contribution is -2.41. The molecule has 0 spiro atoms. The van der Waals surface area contributed by atoms with E-state index in [4.69, 9.17) is 34.3 Å². The molecule has 0 aliphatic carbocycles. The summed E-state index contributed by atoms with van der Waals surface area (Å²) in [7, 11) is 0. The van der Waals surface area contributed by atoms with Crippen LogP contribution in [0.15, 0.2) is 23.2 Å². The molecule has 2 rings (SSSR count). The van der Waals surface area contributed by atoms with Crippen LogP contribution in [0.3, 0.4) is 0 Å². The minimum Gasteiger partial charge on any atom is -0.369 e. The van der Waals surface area contributed by atoms with Crippen LogP contribution < -0.4 is 11.1 Å². The van der Waals surface area contributed by atoms with E-state index in [9.17, 15) is 0 Å². The van der Waals surface area contributed by atoms with Gasteiger partial charge in [-0.1, -0.05) is 23.2 Å². The second kappa shape index (κ2) is 6.81. The topological polar surface area (TPSA) is 77.5 Å². The van der Waals surface area contributed by atoms with Crippen LogP contribution in [0.1, 0.15) is 19.3 Å². The van der Waals surface area contributed by atoms with Crippen molar-refractivity contribution in [1.82, 2.24) is 4.90 Å². The van der Waals surface area contributed by atoms with Gasteiger partial charge in [0.2, 0.25) is 5.96 Å². The molecular weight excluding hydrogens is 297 g/mol. The van der Waals surface area contributed by atoms with E-state index in [-0.39, 0.29) is 5.96 Å². The van der Waals surface area contributed by atoms with Crippen molar-refractivity contribution in [1.29, 1.82) is 5.41 Å². The summed E-state index contributed by atoms with van der Waals surface area (Å²) >= 11 is 11.7. The van der Waals surface area contributed by atoms with Crippen molar-refractivity contribution >= 4 is 40.8 Å². The molecule has 1 aliphatic rings. The molecule has 0 atom stereocenters. The van der Waals surface area contributed by atoms with Crippen molar-refractivity contribution < 1.29 is 0 Å². The summed E-state index contributed by atoms with van der Waals surface area (Å²) in [6.07, 6.45) is 3.45. The van der Waals surface area contributed by atoms with Gasteiger partial charge < -0.3 is 16.0 Å². The van der Waals surface area contributed by atoms with Crippen LogP contribution in [0.4, 0.5) is 5.69 Å². The maximum atomic E-state index is 7.82. The zero-order valence-corrected chi connectivity index (χ0v) is 12.5. The van der Waals surface area contributed by atoms with Gasteiger partial charge in [0.05, 0.1) is 10.0 Å². The van der Waals surface area contributed by atoms with E-state index in [1.54, 1.807) is 18.2 Å². The quantitative estimate of drug-likeness (QED) is 0.550. The highest BCUT2D eigenvalue weighted by Crippen LogP contribution is 2.24. The molecular formula is C13H17Cl2N5. The lowest BCUT2D eigenvalue weighted by atomic mass is 10.1. The van der Waals surface area contributed by atoms with Gasteiger partial charge in [0.15, 0.2) is 5.96 Å². The van der Waals surface area contributed by atoms with Gasteiger partial charge >= 0.3 is 0 Å². The van der Waals surface area contributed by atoms with Crippen molar-refractivity contribution in [3.8, 4) is 0 Å². The Bertz CT molecular complexity index is 523. The fourth-order valence-corrected chi connectivity index (χ4v) is 2.34. The van der Waals surface area contributed by atoms with E-state index in [2.05, 4.69) is 10.3 Å². The first-order chi connectivity index (χ1) is 9.56. The molecule has 1 saturated heterocycles. The van der Waals surface area contributed by atoms with Crippen molar-refractivity contribution in [2.24, 2.45) is 10.7 Å². The maximum Gasteiger partial charge on any atom is 0.222 e. The second-order valence-corrected chi connectivity index (χ2v) is 5.43. The average Bonchev–Trinajstić information content (AvgIpc) is 2.44. The molecule has 1 fully saturated rings. The number of aliphatic imine (C=N–C) groups is 1. The Morgan fingerprint density at radius 1 is 1.20 bits per heavy atom. The molecule has 7 heteroatoms. The van der Waals surface area contributed by atoms with Crippen molar-refractivity contribution in [3.63, 3.8) is 0 Å². The van der Waals surface area contributed by atoms with Crippen LogP contribution in [-0.2, 0) is 0 Å². The number of nitrogens with two attached hydrogens (primary N) is 1. The summed E-state index contributed by atoms with van der Waals surface area (Å²) in [6, 6.07) is 5.04. The zero-order chi connectivity index (χ0) is 14.5. The number of nitrogens with one attached hydrogen (secondary N) is 2. The number of nitrogens with zero attached hydrogens (tertiary/aromatic N) is 2. The van der Waals surface area contributed by atoms with E-state index in [0.29, 0.717) is 21.7 Å². The third kappa shape index (κ3) is 4.02. The van der Waals surface area contributed by atoms with E-state index < -0.39 is 0 Å². The number of hydrogen-bond acceptors (Lipinski definition) is 1. The minimum atomic E-state index is -0.0218. The van der Waals surface area contributed by atoms with Crippen LogP contribution in [0, 0.1) is 5.41 Å². The van der Waals surface area contributed by atoms with Gasteiger partial charge in [-0.3, -0.25) is 5.41 Å². The van der Waals surface area contributed by atoms with Gasteiger partial charge in [0.25, 0.3) is 0 Å². The highest BCUT2D eigenvalue weighted by molar-refractivity contribution is 6.42. The van der Waals surface area contributed by atoms with Crippen molar-refractivity contribution in [3.05, 3.63) is 28.2 Å². The Hall–Kier alpha value is -1.46. The Morgan fingerprint density at radius 2 is 1.90 bits per heavy atom. The normalized spacial score (nSPS) is 16.1. The number of anilines is 1. The maximum absolute atomic E-state index is 7.82. The van der Waals surface area contributed by atoms with Gasteiger partial charge in [-0.05, 0) is 37.5 Å². The van der Waals surface area contributed by atoms with E-state index in [0.717, 1.165) is 25.9 Å². The number of guanidine groups is 2. The molecule has 108 valence electrons. The number of piperidine rings is 1. The molecule has 20 heavy (non-hydrogen) atoms. The number of likely N-dealkylation sites (tertiary alicyclic amines) is 1. The van der Waals surface area contributed by atoms with Crippen LogP contribution >= 0.6 is 23.2 Å². The Labute approximate surface area is 128 Å². The predicted molar refractivity (Wildman–Crippen MR) is 84.9 cm³/mol. The van der Waals surface area contributed by atoms with Crippen LogP contribution in [0.5, 0.6) is 0 Å². The molecule has 0 amide bonds. The standard InChI is InChI=1S/C13H17Cl2N5/c14-10-5-4-9(8-11(10)15)18-12(16)19-13(17)20-6-2-1-3-7-20/h4-5,8H,1-3,6-7H2,(H4,16,17,18,19). The molecule has 0 radical (unpaired) electrons. The Morgan fingerprint density at radius 3 is 2.55 bits per heavy atom. The summed E-state index contributed by atoms with van der Waals surface area (Å²) in [4.78, 5) is 6.06. The molecule has 1 aliphatic heterocycles. The summed E-state index contributed by atoms with van der Waals surface area (Å²) in [5.41, 5.74) is 6.56. The highest BCUT2D eigenvalue weighted by Gasteiger charge is 2.12. The van der Waals surface area contributed by atoms with E-state index >= 15 is 0 Å². The fourth-order valence-electron chi connectivity index (χ4n) is 2.05. The molecule has 5 nitrogen and oxygen atoms in total. The third-order valence-electron chi connectivity index (χ3n) is 3.09. The van der Waals surface area contributed by atoms with Gasteiger partial charge in [-0.15, -0.1) is 0 Å². The molecule has 1 heterocycles. The average molecular weight is 314 g/mol. The van der Waals surface area contributed by atoms with Gasteiger partial charge in [0.1, 0.15) is 0 Å². The first-order valence-electron chi connectivity index (χ1n) is 6.46. The molecule has 0 bridgehead atoms. The van der Waals surface area contributed by atoms with Crippen LogP contribution in [-0.4, -0.2) is 29.9 Å². The van der Waals surface area contributed by atoms with E-state index in [1.165, 1.54) is 6.42 Å². The van der Waals surface area contributed by atoms with Crippen molar-refractivity contribution in [2.75, 3.05) is 18.4 Å². The third-order valence-corrected chi connectivity index (χ3v) is 3.83. The molecule has 4 N–H and O–H groups in total. The lowest BCUT2D eigenvalue weighted by Gasteiger charge is -2.27. The molecule has 0 saturated carbocycles. The van der Waals surface area contributed by atoms with Gasteiger partial charge in [-0.2, -0.15) is 4.99 Å². The first kappa shape index (κ1) is 14.9. The Balaban J connectivity index is 1.98. The fraction of sp³-hybridized carbons (Fsp3) is 0.385. The lowest BCUT2D eigenvalue weighted by molar-refractivity contribution is 0.339. The SMILES string of the molecule is N=C(N=C(N)N1CCCCC1)Nc1ccc(Cl)c(Cl)c1. The predicted octanol–water partition coefficient (Wildman–Crippen LogP) is 3.14. The number of rotatable bonds is 1. The number of benzene rings is 1. The summed E-state index contributed by atoms with van der Waals surface area (Å²) in [5.74, 6) is 0.355. The number of halogens is 2. The molecule has 0 unspecified atom stereocenters. The molecule has 1 aromatic carbocycles. The molecule has 0 aromatic heterocycles. The summed E-state index contributed by atoms with van der Waals surface area (Å²) in [5, 5.41) is 11.5. The minimum absolute atomic E-state index is 0.0218. The second-order valence-electron chi connectivity index (χ2n) is 4.62. The van der Waals surface area contributed by atoms with Gasteiger partial charge in [-0.25, -0.2) is 0 Å². The largest absolute Gasteiger partial charge is 0.369 e. The highest BCUT2D eigenvalue weighted by atomic mass is 35.5.